The van der Waals surface area contributed by atoms with Gasteiger partial charge in [0, 0.05) is 11.3 Å². The van der Waals surface area contributed by atoms with E-state index in [1.807, 2.05) is 5.32 Å². The first kappa shape index (κ1) is 16.8. The van der Waals surface area contributed by atoms with Gasteiger partial charge < -0.3 is 11.1 Å². The molecule has 0 saturated carbocycles. The second kappa shape index (κ2) is 7.13. The average molecular weight is 352 g/mol. The van der Waals surface area contributed by atoms with Crippen LogP contribution in [-0.2, 0) is 9.59 Å². The Morgan fingerprint density at radius 3 is 2.00 bits per heavy atom. The van der Waals surface area contributed by atoms with Gasteiger partial charge in [-0.25, -0.2) is 0 Å². The molecule has 118 valence electrons. The summed E-state index contributed by atoms with van der Waals surface area (Å²) in [5, 5.41) is 4.55. The Morgan fingerprint density at radius 2 is 1.43 bits per heavy atom. The maximum absolute atomic E-state index is 11.9. The van der Waals surface area contributed by atoms with Crippen LogP contribution in [0.1, 0.15) is 10.4 Å². The molecule has 0 aliphatic rings. The second-order valence-electron chi connectivity index (χ2n) is 4.46. The van der Waals surface area contributed by atoms with Crippen molar-refractivity contribution >= 4 is 52.3 Å². The summed E-state index contributed by atoms with van der Waals surface area (Å²) in [7, 11) is 0. The maximum atomic E-state index is 11.9. The summed E-state index contributed by atoms with van der Waals surface area (Å²) < 4.78 is 0. The predicted molar refractivity (Wildman–Crippen MR) is 88.4 cm³/mol. The lowest BCUT2D eigenvalue weighted by atomic mass is 10.2. The lowest BCUT2D eigenvalue weighted by Gasteiger charge is -2.09. The molecule has 0 fully saturated rings. The molecule has 8 heteroatoms. The minimum atomic E-state index is -1.14. The molecule has 0 bridgehead atoms. The molecule has 23 heavy (non-hydrogen) atoms. The van der Waals surface area contributed by atoms with Crippen LogP contribution in [0.15, 0.2) is 42.5 Å². The smallest absolute Gasteiger partial charge is 0.316 e. The summed E-state index contributed by atoms with van der Waals surface area (Å²) in [6.07, 6.45) is 0. The Hall–Kier alpha value is -2.57. The minimum absolute atomic E-state index is 0.0934. The lowest BCUT2D eigenvalue weighted by molar-refractivity contribution is -0.135. The lowest BCUT2D eigenvalue weighted by Crippen LogP contribution is -2.39. The highest BCUT2D eigenvalue weighted by atomic mass is 35.5. The number of anilines is 2. The van der Waals surface area contributed by atoms with Gasteiger partial charge in [-0.3, -0.25) is 19.7 Å². The number of carbonyl (C=O) groups excluding carboxylic acids is 3. The zero-order valence-electron chi connectivity index (χ0n) is 11.6. The predicted octanol–water partition coefficient (Wildman–Crippen LogP) is 2.47. The first-order valence-electron chi connectivity index (χ1n) is 6.34. The Bertz CT molecular complexity index is 756. The van der Waals surface area contributed by atoms with Crippen LogP contribution in [0.2, 0.25) is 10.0 Å². The molecule has 0 radical (unpaired) electrons. The molecule has 4 N–H and O–H groups in total. The van der Waals surface area contributed by atoms with Crippen molar-refractivity contribution in [3.8, 4) is 0 Å². The van der Waals surface area contributed by atoms with E-state index in [-0.39, 0.29) is 21.3 Å². The number of nitrogens with two attached hydrogens (primary N) is 1. The van der Waals surface area contributed by atoms with Gasteiger partial charge in [0.2, 0.25) is 0 Å². The number of carbonyl (C=O) groups is 3. The molecule has 0 atom stereocenters. The minimum Gasteiger partial charge on any atom is -0.399 e. The highest BCUT2D eigenvalue weighted by molar-refractivity contribution is 6.46. The number of nitrogens with one attached hydrogen (secondary N) is 2. The Kier molecular flexibility index (Phi) is 5.20. The van der Waals surface area contributed by atoms with E-state index in [2.05, 4.69) is 5.32 Å². The van der Waals surface area contributed by atoms with Gasteiger partial charge in [-0.2, -0.15) is 0 Å². The summed E-state index contributed by atoms with van der Waals surface area (Å²) in [5.74, 6) is -2.93. The summed E-state index contributed by atoms with van der Waals surface area (Å²) in [6, 6.07) is 10.5. The van der Waals surface area contributed by atoms with Crippen LogP contribution < -0.4 is 16.4 Å². The van der Waals surface area contributed by atoms with Crippen molar-refractivity contribution in [3.05, 3.63) is 58.1 Å². The monoisotopic (exact) mass is 351 g/mol. The molecule has 0 aliphatic heterocycles. The van der Waals surface area contributed by atoms with Crippen LogP contribution in [0.3, 0.4) is 0 Å². The van der Waals surface area contributed by atoms with Crippen molar-refractivity contribution in [2.45, 2.75) is 0 Å². The average Bonchev–Trinajstić information content (AvgIpc) is 2.51. The highest BCUT2D eigenvalue weighted by Gasteiger charge is 2.19. The molecule has 0 saturated heterocycles. The molecule has 0 heterocycles. The van der Waals surface area contributed by atoms with Crippen molar-refractivity contribution in [3.63, 3.8) is 0 Å². The largest absolute Gasteiger partial charge is 0.399 e. The molecular weight excluding hydrogens is 341 g/mol. The van der Waals surface area contributed by atoms with E-state index >= 15 is 0 Å². The Morgan fingerprint density at radius 1 is 0.870 bits per heavy atom. The summed E-state index contributed by atoms with van der Waals surface area (Å²) in [4.78, 5) is 35.4. The van der Waals surface area contributed by atoms with Crippen LogP contribution >= 0.6 is 23.2 Å². The molecule has 3 amide bonds. The summed E-state index contributed by atoms with van der Waals surface area (Å²) in [5.41, 5.74) is 6.26. The Balaban J connectivity index is 2.04. The van der Waals surface area contributed by atoms with Crippen molar-refractivity contribution in [1.29, 1.82) is 0 Å². The number of nitrogen functional groups attached to an aromatic ring is 1. The van der Waals surface area contributed by atoms with Crippen LogP contribution in [0.5, 0.6) is 0 Å². The van der Waals surface area contributed by atoms with Crippen molar-refractivity contribution in [1.82, 2.24) is 5.32 Å². The fourth-order valence-corrected chi connectivity index (χ4v) is 2.15. The first-order valence-corrected chi connectivity index (χ1v) is 7.10. The fraction of sp³-hybridized carbons (Fsp3) is 0. The van der Waals surface area contributed by atoms with Crippen LogP contribution in [-0.4, -0.2) is 17.7 Å². The van der Waals surface area contributed by atoms with Gasteiger partial charge in [-0.05, 0) is 36.4 Å². The number of rotatable bonds is 2. The van der Waals surface area contributed by atoms with Gasteiger partial charge in [0.25, 0.3) is 5.91 Å². The van der Waals surface area contributed by atoms with Crippen molar-refractivity contribution < 1.29 is 14.4 Å². The van der Waals surface area contributed by atoms with E-state index in [4.69, 9.17) is 28.9 Å². The summed E-state index contributed by atoms with van der Waals surface area (Å²) >= 11 is 11.8. The SMILES string of the molecule is Nc1ccc(C(=O)NC(=O)C(=O)Nc2c(Cl)cccc2Cl)cc1. The molecule has 0 aliphatic carbocycles. The van der Waals surface area contributed by atoms with Gasteiger partial charge in [-0.1, -0.05) is 29.3 Å². The normalized spacial score (nSPS) is 10.0. The van der Waals surface area contributed by atoms with E-state index in [0.29, 0.717) is 5.69 Å². The summed E-state index contributed by atoms with van der Waals surface area (Å²) in [6.45, 7) is 0. The third-order valence-corrected chi connectivity index (χ3v) is 3.44. The first-order chi connectivity index (χ1) is 10.9. The van der Waals surface area contributed by atoms with Crippen LogP contribution in [0.25, 0.3) is 0 Å². The van der Waals surface area contributed by atoms with E-state index in [0.717, 1.165) is 0 Å². The van der Waals surface area contributed by atoms with E-state index in [9.17, 15) is 14.4 Å². The number of para-hydroxylation sites is 1. The Labute approximate surface area is 141 Å². The third-order valence-electron chi connectivity index (χ3n) is 2.81. The van der Waals surface area contributed by atoms with Gasteiger partial charge >= 0.3 is 11.8 Å². The molecule has 6 nitrogen and oxygen atoms in total. The number of halogens is 2. The molecule has 0 unspecified atom stereocenters. The molecule has 2 aromatic carbocycles. The van der Waals surface area contributed by atoms with E-state index in [1.54, 1.807) is 6.07 Å². The molecular formula is C15H11Cl2N3O3. The zero-order valence-corrected chi connectivity index (χ0v) is 13.1. The quantitative estimate of drug-likeness (QED) is 0.571. The van der Waals surface area contributed by atoms with Crippen molar-refractivity contribution in [2.24, 2.45) is 0 Å². The van der Waals surface area contributed by atoms with E-state index in [1.165, 1.54) is 36.4 Å². The van der Waals surface area contributed by atoms with Gasteiger partial charge in [0.1, 0.15) is 0 Å². The fourth-order valence-electron chi connectivity index (χ4n) is 1.65. The number of imide groups is 1. The van der Waals surface area contributed by atoms with Gasteiger partial charge in [-0.15, -0.1) is 0 Å². The number of hydrogen-bond donors (Lipinski definition) is 3. The van der Waals surface area contributed by atoms with Crippen LogP contribution in [0.4, 0.5) is 11.4 Å². The standard InChI is InChI=1S/C15H11Cl2N3O3/c16-10-2-1-3-11(17)12(10)19-14(22)15(23)20-13(21)8-4-6-9(18)7-5-8/h1-7H,18H2,(H,19,22)(H,20,21,23). The zero-order chi connectivity index (χ0) is 17.0. The second-order valence-corrected chi connectivity index (χ2v) is 5.27. The number of amides is 3. The molecule has 2 aromatic rings. The topological polar surface area (TPSA) is 101 Å². The number of hydrogen-bond acceptors (Lipinski definition) is 4. The number of benzene rings is 2. The van der Waals surface area contributed by atoms with Gasteiger partial charge in [0.05, 0.1) is 15.7 Å². The molecule has 0 aromatic heterocycles. The van der Waals surface area contributed by atoms with Crippen LogP contribution in [0, 0.1) is 0 Å². The molecule has 0 spiro atoms. The van der Waals surface area contributed by atoms with E-state index < -0.39 is 17.7 Å². The van der Waals surface area contributed by atoms with Crippen molar-refractivity contribution in [2.75, 3.05) is 11.1 Å². The molecule has 2 rings (SSSR count). The highest BCUT2D eigenvalue weighted by Crippen LogP contribution is 2.29. The van der Waals surface area contributed by atoms with Gasteiger partial charge in [0.15, 0.2) is 0 Å². The third kappa shape index (κ3) is 4.21. The maximum Gasteiger partial charge on any atom is 0.316 e.